The molecule has 0 amide bonds. The van der Waals surface area contributed by atoms with E-state index in [0.717, 1.165) is 76.6 Å². The Kier molecular flexibility index (Phi) is 9.89. The molecule has 0 spiro atoms. The Balaban J connectivity index is 1.26. The zero-order valence-corrected chi connectivity index (χ0v) is 27.6. The number of carbonyl (C=O) groups is 1. The maximum atomic E-state index is 12.5. The summed E-state index contributed by atoms with van der Waals surface area (Å²) in [6.45, 7) is 5.51. The third kappa shape index (κ3) is 7.66. The molecule has 5 aromatic rings. The van der Waals surface area contributed by atoms with Crippen molar-refractivity contribution in [2.45, 2.75) is 70.6 Å². The number of rotatable bonds is 12. The summed E-state index contributed by atoms with van der Waals surface area (Å²) in [5.41, 5.74) is 5.79. The van der Waals surface area contributed by atoms with E-state index in [0.29, 0.717) is 24.9 Å². The summed E-state index contributed by atoms with van der Waals surface area (Å²) in [5.74, 6) is 1.51. The second kappa shape index (κ2) is 14.4. The molecule has 1 saturated carbocycles. The molecule has 47 heavy (non-hydrogen) atoms. The van der Waals surface area contributed by atoms with E-state index in [4.69, 9.17) is 15.0 Å². The topological polar surface area (TPSA) is 121 Å². The van der Waals surface area contributed by atoms with E-state index in [1.165, 1.54) is 0 Å². The predicted molar refractivity (Wildman–Crippen MR) is 188 cm³/mol. The molecule has 2 aromatic carbocycles. The van der Waals surface area contributed by atoms with Gasteiger partial charge in [-0.05, 0) is 74.4 Å². The monoisotopic (exact) mass is 632 g/mol. The smallest absolute Gasteiger partial charge is 0.229 e. The number of fused-ring (bicyclic) bond motifs is 2. The summed E-state index contributed by atoms with van der Waals surface area (Å²) in [7, 11) is 3.96. The highest BCUT2D eigenvalue weighted by Crippen LogP contribution is 2.31. The van der Waals surface area contributed by atoms with Crippen LogP contribution in [0.3, 0.4) is 0 Å². The van der Waals surface area contributed by atoms with Crippen LogP contribution in [-0.4, -0.2) is 73.1 Å². The number of carbonyl (C=O) groups excluding carboxylic acids is 1. The quantitative estimate of drug-likeness (QED) is 0.142. The standard InChI is InChI=1S/C37H44N8O2/c1-24(2)33-23-40-45-35(33)42-36(41-28-12-14-29(46)15-13-28)43-37(45)39-22-27-8-5-6-10-31(27)34-32-16-11-25(20-26(32)17-18-38-34)21-30(47)9-7-19-44(3)4/h5-11,16-18,20,23-24,28-29,46H,12-15,19,21-22H2,1-4H3,(H2,39,41,42,43)/b9-7+. The van der Waals surface area contributed by atoms with E-state index in [2.05, 4.69) is 53.8 Å². The number of hydrogen-bond acceptors (Lipinski definition) is 9. The maximum absolute atomic E-state index is 12.5. The van der Waals surface area contributed by atoms with Crippen LogP contribution in [0.15, 0.2) is 73.1 Å². The minimum atomic E-state index is -0.223. The number of likely N-dealkylation sites (N-methyl/N-ethyl adjacent to an activating group) is 1. The third-order valence-corrected chi connectivity index (χ3v) is 8.74. The van der Waals surface area contributed by atoms with Crippen LogP contribution in [0.2, 0.25) is 0 Å². The average molecular weight is 633 g/mol. The first-order chi connectivity index (χ1) is 22.7. The Morgan fingerprint density at radius 1 is 1.09 bits per heavy atom. The van der Waals surface area contributed by atoms with E-state index in [-0.39, 0.29) is 23.8 Å². The van der Waals surface area contributed by atoms with Crippen LogP contribution >= 0.6 is 0 Å². The number of pyridine rings is 1. The molecule has 10 nitrogen and oxygen atoms in total. The number of allylic oxidation sites excluding steroid dienone is 1. The van der Waals surface area contributed by atoms with Crippen molar-refractivity contribution in [2.75, 3.05) is 31.3 Å². The lowest BCUT2D eigenvalue weighted by atomic mass is 9.93. The van der Waals surface area contributed by atoms with E-state index >= 15 is 0 Å². The first-order valence-corrected chi connectivity index (χ1v) is 16.5. The molecule has 1 aliphatic rings. The Labute approximate surface area is 276 Å². The SMILES string of the molecule is CC(C)c1cnn2c(NCc3ccccc3-c3nccc4cc(CC(=O)/C=C/CN(C)C)ccc34)nc(NC3CCC(O)CC3)nc12. The molecule has 244 valence electrons. The number of aliphatic hydroxyl groups excluding tert-OH is 1. The average Bonchev–Trinajstić information content (AvgIpc) is 3.49. The molecule has 6 rings (SSSR count). The highest BCUT2D eigenvalue weighted by Gasteiger charge is 2.22. The number of anilines is 2. The van der Waals surface area contributed by atoms with Gasteiger partial charge in [-0.3, -0.25) is 9.78 Å². The molecule has 1 aliphatic carbocycles. The summed E-state index contributed by atoms with van der Waals surface area (Å²) in [6.07, 6.45) is 10.7. The van der Waals surface area contributed by atoms with Crippen LogP contribution in [0, 0.1) is 0 Å². The molecule has 0 saturated heterocycles. The predicted octanol–water partition coefficient (Wildman–Crippen LogP) is 6.02. The second-order valence-electron chi connectivity index (χ2n) is 13.0. The summed E-state index contributed by atoms with van der Waals surface area (Å²) >= 11 is 0. The van der Waals surface area contributed by atoms with Crippen molar-refractivity contribution in [3.05, 3.63) is 89.8 Å². The number of hydrogen-bond donors (Lipinski definition) is 3. The normalized spacial score (nSPS) is 16.9. The fourth-order valence-electron chi connectivity index (χ4n) is 6.17. The lowest BCUT2D eigenvalue weighted by Gasteiger charge is -2.26. The van der Waals surface area contributed by atoms with Gasteiger partial charge in [-0.15, -0.1) is 0 Å². The van der Waals surface area contributed by atoms with Gasteiger partial charge in [0.2, 0.25) is 11.9 Å². The van der Waals surface area contributed by atoms with Gasteiger partial charge in [-0.1, -0.05) is 62.4 Å². The lowest BCUT2D eigenvalue weighted by Crippen LogP contribution is -2.29. The van der Waals surface area contributed by atoms with Gasteiger partial charge < -0.3 is 20.6 Å². The third-order valence-electron chi connectivity index (χ3n) is 8.74. The molecule has 0 radical (unpaired) electrons. The van der Waals surface area contributed by atoms with Crippen molar-refractivity contribution < 1.29 is 9.90 Å². The molecule has 3 heterocycles. The van der Waals surface area contributed by atoms with Crippen LogP contribution in [0.5, 0.6) is 0 Å². The molecular weight excluding hydrogens is 588 g/mol. The van der Waals surface area contributed by atoms with Gasteiger partial charge >= 0.3 is 0 Å². The number of aliphatic hydroxyl groups is 1. The van der Waals surface area contributed by atoms with Crippen molar-refractivity contribution in [1.29, 1.82) is 0 Å². The van der Waals surface area contributed by atoms with Gasteiger partial charge in [0, 0.05) is 48.3 Å². The Bertz CT molecular complexity index is 1890. The van der Waals surface area contributed by atoms with Gasteiger partial charge in [0.15, 0.2) is 11.4 Å². The fraction of sp³-hybridized carbons (Fsp3) is 0.378. The van der Waals surface area contributed by atoms with Gasteiger partial charge in [-0.25, -0.2) is 0 Å². The minimum Gasteiger partial charge on any atom is -0.393 e. The van der Waals surface area contributed by atoms with Gasteiger partial charge in [0.25, 0.3) is 0 Å². The van der Waals surface area contributed by atoms with Gasteiger partial charge in [0.1, 0.15) is 0 Å². The zero-order chi connectivity index (χ0) is 32.9. The lowest BCUT2D eigenvalue weighted by molar-refractivity contribution is -0.114. The molecule has 0 aliphatic heterocycles. The Morgan fingerprint density at radius 2 is 1.89 bits per heavy atom. The van der Waals surface area contributed by atoms with Crippen molar-refractivity contribution in [2.24, 2.45) is 0 Å². The van der Waals surface area contributed by atoms with Crippen LogP contribution in [0.25, 0.3) is 27.7 Å². The maximum Gasteiger partial charge on any atom is 0.229 e. The van der Waals surface area contributed by atoms with E-state index in [1.54, 1.807) is 10.6 Å². The van der Waals surface area contributed by atoms with E-state index in [1.807, 2.05) is 61.7 Å². The van der Waals surface area contributed by atoms with Crippen molar-refractivity contribution in [1.82, 2.24) is 29.5 Å². The fourth-order valence-corrected chi connectivity index (χ4v) is 6.17. The first kappa shape index (κ1) is 32.3. The van der Waals surface area contributed by atoms with Crippen LogP contribution in [-0.2, 0) is 17.8 Å². The van der Waals surface area contributed by atoms with Crippen LogP contribution < -0.4 is 10.6 Å². The highest BCUT2D eigenvalue weighted by atomic mass is 16.3. The van der Waals surface area contributed by atoms with Gasteiger partial charge in [0.05, 0.1) is 18.0 Å². The van der Waals surface area contributed by atoms with E-state index in [9.17, 15) is 9.90 Å². The summed E-state index contributed by atoms with van der Waals surface area (Å²) < 4.78 is 1.78. The molecule has 3 aromatic heterocycles. The molecule has 0 unspecified atom stereocenters. The number of nitrogens with one attached hydrogen (secondary N) is 2. The molecule has 3 N–H and O–H groups in total. The molecule has 1 fully saturated rings. The largest absolute Gasteiger partial charge is 0.393 e. The number of nitrogens with zero attached hydrogens (tertiary/aromatic N) is 6. The van der Waals surface area contributed by atoms with Crippen molar-refractivity contribution in [3.8, 4) is 11.3 Å². The minimum absolute atomic E-state index is 0.0873. The molecule has 0 bridgehead atoms. The number of benzene rings is 2. The Morgan fingerprint density at radius 3 is 2.68 bits per heavy atom. The van der Waals surface area contributed by atoms with Crippen molar-refractivity contribution in [3.63, 3.8) is 0 Å². The molecular formula is C37H44N8O2. The zero-order valence-electron chi connectivity index (χ0n) is 27.6. The number of aromatic nitrogens is 5. The highest BCUT2D eigenvalue weighted by molar-refractivity contribution is 5.97. The van der Waals surface area contributed by atoms with Crippen molar-refractivity contribution >= 4 is 34.1 Å². The van der Waals surface area contributed by atoms with Gasteiger partial charge in [-0.2, -0.15) is 19.6 Å². The summed E-state index contributed by atoms with van der Waals surface area (Å²) in [4.78, 5) is 29.1. The summed E-state index contributed by atoms with van der Waals surface area (Å²) in [5, 5.41) is 23.8. The number of ketones is 1. The second-order valence-corrected chi connectivity index (χ2v) is 13.0. The summed E-state index contributed by atoms with van der Waals surface area (Å²) in [6, 6.07) is 16.7. The molecule has 10 heteroatoms. The van der Waals surface area contributed by atoms with E-state index < -0.39 is 0 Å². The first-order valence-electron chi connectivity index (χ1n) is 16.5. The molecule has 0 atom stereocenters. The van der Waals surface area contributed by atoms with Crippen LogP contribution in [0.4, 0.5) is 11.9 Å². The Hall–Kier alpha value is -4.67. The van der Waals surface area contributed by atoms with Crippen LogP contribution in [0.1, 0.15) is 62.1 Å².